The first-order valence-corrected chi connectivity index (χ1v) is 5.70. The molecule has 72 valence electrons. The summed E-state index contributed by atoms with van der Waals surface area (Å²) >= 11 is 7.35. The van der Waals surface area contributed by atoms with Crippen molar-refractivity contribution in [3.05, 3.63) is 22.3 Å². The first-order valence-electron chi connectivity index (χ1n) is 4.51. The summed E-state index contributed by atoms with van der Waals surface area (Å²) in [7, 11) is 0. The molecular formula is C9H8ClN3S. The van der Waals surface area contributed by atoms with Crippen LogP contribution in [-0.4, -0.2) is 15.2 Å². The first kappa shape index (κ1) is 8.44. The molecule has 1 fully saturated rings. The van der Waals surface area contributed by atoms with Gasteiger partial charge in [-0.3, -0.25) is 5.10 Å². The van der Waals surface area contributed by atoms with Crippen molar-refractivity contribution < 1.29 is 0 Å². The third-order valence-electron chi connectivity index (χ3n) is 2.26. The van der Waals surface area contributed by atoms with Crippen LogP contribution in [0, 0.1) is 0 Å². The van der Waals surface area contributed by atoms with Crippen LogP contribution in [0.4, 0.5) is 0 Å². The van der Waals surface area contributed by atoms with E-state index in [1.165, 1.54) is 24.2 Å². The molecule has 0 atom stereocenters. The number of halogens is 1. The Hall–Kier alpha value is -0.870. The molecule has 0 bridgehead atoms. The monoisotopic (exact) mass is 225 g/mol. The Morgan fingerprint density at radius 2 is 2.29 bits per heavy atom. The summed E-state index contributed by atoms with van der Waals surface area (Å²) in [6, 6.07) is 3.82. The summed E-state index contributed by atoms with van der Waals surface area (Å²) in [5.41, 5.74) is 0. The number of aromatic amines is 1. The Kier molecular flexibility index (Phi) is 1.85. The molecule has 2 heterocycles. The predicted molar refractivity (Wildman–Crippen MR) is 56.7 cm³/mol. The molecule has 0 radical (unpaired) electrons. The number of hydrogen-bond donors (Lipinski definition) is 1. The summed E-state index contributed by atoms with van der Waals surface area (Å²) in [5, 5.41) is 7.15. The molecule has 1 saturated carbocycles. The van der Waals surface area contributed by atoms with Gasteiger partial charge in [0, 0.05) is 5.92 Å². The van der Waals surface area contributed by atoms with Gasteiger partial charge in [0.25, 0.3) is 0 Å². The standard InChI is InChI=1S/C9H8ClN3S/c10-7-4-3-6(14-7)9-11-8(12-13-9)5-1-2-5/h3-5H,1-2H2,(H,11,12,13). The van der Waals surface area contributed by atoms with Crippen LogP contribution in [-0.2, 0) is 0 Å². The number of nitrogens with zero attached hydrogens (tertiary/aromatic N) is 2. The zero-order valence-corrected chi connectivity index (χ0v) is 8.90. The number of aromatic nitrogens is 3. The molecule has 0 saturated heterocycles. The molecule has 0 unspecified atom stereocenters. The van der Waals surface area contributed by atoms with Crippen molar-refractivity contribution in [3.8, 4) is 10.7 Å². The van der Waals surface area contributed by atoms with Gasteiger partial charge in [-0.15, -0.1) is 11.3 Å². The van der Waals surface area contributed by atoms with Gasteiger partial charge in [0.1, 0.15) is 5.82 Å². The van der Waals surface area contributed by atoms with Gasteiger partial charge in [-0.25, -0.2) is 4.98 Å². The van der Waals surface area contributed by atoms with E-state index in [9.17, 15) is 0 Å². The van der Waals surface area contributed by atoms with E-state index < -0.39 is 0 Å². The lowest BCUT2D eigenvalue weighted by Crippen LogP contribution is -1.80. The second kappa shape index (κ2) is 3.07. The molecule has 3 nitrogen and oxygen atoms in total. The molecule has 0 aliphatic heterocycles. The van der Waals surface area contributed by atoms with Gasteiger partial charge in [-0.2, -0.15) is 5.10 Å². The molecule has 0 aromatic carbocycles. The second-order valence-electron chi connectivity index (χ2n) is 3.42. The molecule has 2 aromatic heterocycles. The molecular weight excluding hydrogens is 218 g/mol. The lowest BCUT2D eigenvalue weighted by atomic mass is 10.4. The number of H-pyrrole nitrogens is 1. The number of nitrogens with one attached hydrogen (secondary N) is 1. The fourth-order valence-corrected chi connectivity index (χ4v) is 2.34. The lowest BCUT2D eigenvalue weighted by Gasteiger charge is -1.85. The number of hydrogen-bond acceptors (Lipinski definition) is 3. The van der Waals surface area contributed by atoms with E-state index in [4.69, 9.17) is 11.6 Å². The minimum Gasteiger partial charge on any atom is -0.262 e. The molecule has 1 aliphatic rings. The number of thiophene rings is 1. The molecule has 0 spiro atoms. The van der Waals surface area contributed by atoms with E-state index in [1.807, 2.05) is 12.1 Å². The van der Waals surface area contributed by atoms with Crippen LogP contribution in [0.15, 0.2) is 12.1 Å². The highest BCUT2D eigenvalue weighted by atomic mass is 35.5. The normalized spacial score (nSPS) is 16.1. The molecule has 2 aromatic rings. The van der Waals surface area contributed by atoms with Crippen molar-refractivity contribution in [1.29, 1.82) is 0 Å². The van der Waals surface area contributed by atoms with Gasteiger partial charge < -0.3 is 0 Å². The SMILES string of the molecule is Clc1ccc(-c2n[nH]c(C3CC3)n2)s1. The minimum atomic E-state index is 0.617. The van der Waals surface area contributed by atoms with Crippen molar-refractivity contribution in [3.63, 3.8) is 0 Å². The van der Waals surface area contributed by atoms with E-state index in [-0.39, 0.29) is 0 Å². The van der Waals surface area contributed by atoms with Crippen molar-refractivity contribution in [2.45, 2.75) is 18.8 Å². The molecule has 5 heteroatoms. The molecule has 3 rings (SSSR count). The summed E-state index contributed by atoms with van der Waals surface area (Å²) in [6.45, 7) is 0. The first-order chi connectivity index (χ1) is 6.83. The Labute approximate surface area is 90.1 Å². The quantitative estimate of drug-likeness (QED) is 0.854. The third-order valence-corrected chi connectivity index (χ3v) is 3.49. The van der Waals surface area contributed by atoms with Crippen LogP contribution in [0.25, 0.3) is 10.7 Å². The van der Waals surface area contributed by atoms with Gasteiger partial charge in [0.15, 0.2) is 5.82 Å². The van der Waals surface area contributed by atoms with Crippen molar-refractivity contribution >= 4 is 22.9 Å². The topological polar surface area (TPSA) is 41.6 Å². The zero-order chi connectivity index (χ0) is 9.54. The van der Waals surface area contributed by atoms with Crippen LogP contribution >= 0.6 is 22.9 Å². The largest absolute Gasteiger partial charge is 0.262 e. The van der Waals surface area contributed by atoms with Gasteiger partial charge in [0.05, 0.1) is 9.21 Å². The molecule has 1 N–H and O–H groups in total. The second-order valence-corrected chi connectivity index (χ2v) is 5.14. The van der Waals surface area contributed by atoms with E-state index in [0.29, 0.717) is 5.92 Å². The van der Waals surface area contributed by atoms with Crippen molar-refractivity contribution in [2.75, 3.05) is 0 Å². The van der Waals surface area contributed by atoms with Gasteiger partial charge in [-0.1, -0.05) is 11.6 Å². The van der Waals surface area contributed by atoms with E-state index >= 15 is 0 Å². The molecule has 0 amide bonds. The third kappa shape index (κ3) is 1.44. The average molecular weight is 226 g/mol. The summed E-state index contributed by atoms with van der Waals surface area (Å²) in [6.07, 6.45) is 2.47. The smallest absolute Gasteiger partial charge is 0.191 e. The van der Waals surface area contributed by atoms with Crippen LogP contribution < -0.4 is 0 Å². The van der Waals surface area contributed by atoms with Crippen LogP contribution in [0.5, 0.6) is 0 Å². The zero-order valence-electron chi connectivity index (χ0n) is 7.33. The van der Waals surface area contributed by atoms with Crippen molar-refractivity contribution in [1.82, 2.24) is 15.2 Å². The highest BCUT2D eigenvalue weighted by molar-refractivity contribution is 7.19. The maximum Gasteiger partial charge on any atom is 0.191 e. The maximum atomic E-state index is 5.84. The molecule has 14 heavy (non-hydrogen) atoms. The van der Waals surface area contributed by atoms with Crippen molar-refractivity contribution in [2.24, 2.45) is 0 Å². The van der Waals surface area contributed by atoms with E-state index in [1.54, 1.807) is 0 Å². The fourth-order valence-electron chi connectivity index (χ4n) is 1.36. The van der Waals surface area contributed by atoms with Gasteiger partial charge >= 0.3 is 0 Å². The van der Waals surface area contributed by atoms with E-state index in [2.05, 4.69) is 15.2 Å². The van der Waals surface area contributed by atoms with Gasteiger partial charge in [0.2, 0.25) is 0 Å². The highest BCUT2D eigenvalue weighted by Gasteiger charge is 2.27. The predicted octanol–water partition coefficient (Wildman–Crippen LogP) is 3.06. The van der Waals surface area contributed by atoms with Crippen LogP contribution in [0.1, 0.15) is 24.6 Å². The Morgan fingerprint density at radius 1 is 1.43 bits per heavy atom. The average Bonchev–Trinajstić information content (AvgIpc) is 2.76. The Bertz CT molecular complexity index is 458. The van der Waals surface area contributed by atoms with E-state index in [0.717, 1.165) is 20.9 Å². The Balaban J connectivity index is 1.95. The Morgan fingerprint density at radius 3 is 2.93 bits per heavy atom. The minimum absolute atomic E-state index is 0.617. The summed E-state index contributed by atoms with van der Waals surface area (Å²) in [4.78, 5) is 5.47. The highest BCUT2D eigenvalue weighted by Crippen LogP contribution is 2.39. The molecule has 1 aliphatic carbocycles. The summed E-state index contributed by atoms with van der Waals surface area (Å²) in [5.74, 6) is 2.40. The lowest BCUT2D eigenvalue weighted by molar-refractivity contribution is 0.935. The van der Waals surface area contributed by atoms with Gasteiger partial charge in [-0.05, 0) is 25.0 Å². The van der Waals surface area contributed by atoms with Crippen LogP contribution in [0.2, 0.25) is 4.34 Å². The number of rotatable bonds is 2. The maximum absolute atomic E-state index is 5.84. The summed E-state index contributed by atoms with van der Waals surface area (Å²) < 4.78 is 0.776. The fraction of sp³-hybridized carbons (Fsp3) is 0.333. The van der Waals surface area contributed by atoms with Crippen LogP contribution in [0.3, 0.4) is 0 Å².